The Bertz CT molecular complexity index is 2610. The summed E-state index contributed by atoms with van der Waals surface area (Å²) >= 11 is 0. The molecule has 2 aromatic carbocycles. The average Bonchev–Trinajstić information content (AvgIpc) is 2.79. The van der Waals surface area contributed by atoms with Crippen molar-refractivity contribution in [1.82, 2.24) is 10.6 Å². The number of fused-ring (bicyclic) bond motifs is 7. The van der Waals surface area contributed by atoms with Crippen LogP contribution in [0.4, 0.5) is 9.59 Å². The lowest BCUT2D eigenvalue weighted by Gasteiger charge is -2.46. The molecule has 19 nitrogen and oxygen atoms in total. The van der Waals surface area contributed by atoms with Crippen molar-refractivity contribution < 1.29 is 83.3 Å². The smallest absolute Gasteiger partial charge is 0.407 e. The molecule has 7 rings (SSSR count). The van der Waals surface area contributed by atoms with Crippen LogP contribution in [-0.4, -0.2) is 165 Å². The second-order valence-corrected chi connectivity index (χ2v) is 22.7. The molecule has 4 aliphatic heterocycles. The topological polar surface area (TPSA) is 281 Å². The van der Waals surface area contributed by atoms with Gasteiger partial charge in [-0.15, -0.1) is 0 Å². The van der Waals surface area contributed by atoms with Gasteiger partial charge in [0.2, 0.25) is 0 Å². The van der Waals surface area contributed by atoms with E-state index in [4.69, 9.17) is 33.2 Å². The second-order valence-electron chi connectivity index (χ2n) is 22.7. The number of nitrogens with one attached hydrogen (secondary N) is 2. The molecule has 0 saturated carbocycles. The SMILES string of the molecule is CO[C@]12CC3OC(=O)N[C@H]3C(C[C@@H](OC3OC(C)C(C)C(NC(=O)OCC4c5ccccc5-c5ccccc54)C3O)/C=C/C=C/C=C/C=C/C=C/C=C/C=C/[C@H](C)[C@@H](O)[C@@H](C)[C@H](C)OC(=O)C[C@H](O)C[C@H](O)CC[C@@H](O)[C@H](O)C[C@H](O)C1)O2. The molecule has 19 atom stereocenters. The van der Waals surface area contributed by atoms with E-state index in [1.807, 2.05) is 118 Å². The standard InChI is InChI=1S/C64H86N2O17/c1-38-23-17-15-13-11-9-7-8-10-12-14-16-18-24-46(81-61-60(74)57(39(2)41(4)80-61)65-62(75)78-37-51-49-27-21-19-25-47(49)48-26-20-22-28-50(48)51)34-54-58-55(82-63(76)66-58)36-64(77-6,83-54)35-45(69)32-53(71)52(70)30-29-43(67)31-44(68)33-56(72)79-42(5)40(3)59(38)73/h7-28,38-46,51-55,57-61,67-71,73-74H,29-37H2,1-6H3,(H,65,75)(H,66,76)/b8-7+,11-9+,12-10+,15-13+,16-14+,23-17+,24-18+/t38-,39?,40-,41?,42-,43+,44+,45-,46-,52+,53+,54?,55?,57?,58-,59+,60?,61?,64+/m0/s1. The Hall–Kier alpha value is -5.81. The number of allylic oxidation sites excluding steroid dienone is 12. The highest BCUT2D eigenvalue weighted by atomic mass is 16.7. The molecule has 0 spiro atoms. The zero-order valence-electron chi connectivity index (χ0n) is 48.2. The van der Waals surface area contributed by atoms with E-state index in [1.54, 1.807) is 38.2 Å². The fourth-order valence-electron chi connectivity index (χ4n) is 11.5. The van der Waals surface area contributed by atoms with Gasteiger partial charge in [-0.05, 0) is 55.4 Å². The van der Waals surface area contributed by atoms with Crippen molar-refractivity contribution in [2.45, 2.75) is 189 Å². The van der Waals surface area contributed by atoms with Crippen LogP contribution in [0.3, 0.4) is 0 Å². The number of carbonyl (C=O) groups is 3. The molecule has 454 valence electrons. The molecule has 0 aromatic heterocycles. The molecular weight excluding hydrogens is 1070 g/mol. The molecule has 3 saturated heterocycles. The number of alkyl carbamates (subject to hydrolysis) is 2. The van der Waals surface area contributed by atoms with Crippen molar-refractivity contribution in [2.75, 3.05) is 13.7 Å². The van der Waals surface area contributed by atoms with Crippen molar-refractivity contribution >= 4 is 18.2 Å². The van der Waals surface area contributed by atoms with Crippen LogP contribution in [0.1, 0.15) is 103 Å². The molecule has 7 unspecified atom stereocenters. The zero-order chi connectivity index (χ0) is 59.8. The molecule has 5 aliphatic rings. The molecule has 2 amide bonds. The third-order valence-electron chi connectivity index (χ3n) is 16.6. The number of ether oxygens (including phenoxy) is 7. The Morgan fingerprint density at radius 3 is 1.88 bits per heavy atom. The number of rotatable bonds is 6. The van der Waals surface area contributed by atoms with Gasteiger partial charge in [-0.25, -0.2) is 9.59 Å². The van der Waals surface area contributed by atoms with E-state index in [0.29, 0.717) is 0 Å². The summed E-state index contributed by atoms with van der Waals surface area (Å²) < 4.78 is 42.8. The molecule has 2 aromatic rings. The summed E-state index contributed by atoms with van der Waals surface area (Å²) in [5.41, 5.74) is 4.29. The van der Waals surface area contributed by atoms with Gasteiger partial charge in [0.05, 0.1) is 73.4 Å². The fourth-order valence-corrected chi connectivity index (χ4v) is 11.5. The van der Waals surface area contributed by atoms with Crippen molar-refractivity contribution in [3.05, 3.63) is 145 Å². The summed E-state index contributed by atoms with van der Waals surface area (Å²) in [4.78, 5) is 39.4. The fraction of sp³-hybridized carbons (Fsp3) is 0.547. The maximum Gasteiger partial charge on any atom is 0.407 e. The Morgan fingerprint density at radius 1 is 0.651 bits per heavy atom. The van der Waals surface area contributed by atoms with Gasteiger partial charge >= 0.3 is 18.2 Å². The van der Waals surface area contributed by atoms with Gasteiger partial charge in [-0.1, -0.05) is 154 Å². The van der Waals surface area contributed by atoms with Gasteiger partial charge < -0.3 is 79.5 Å². The van der Waals surface area contributed by atoms with Gasteiger partial charge in [0.25, 0.3) is 0 Å². The third kappa shape index (κ3) is 17.9. The van der Waals surface area contributed by atoms with E-state index in [9.17, 15) is 50.1 Å². The molecule has 0 radical (unpaired) electrons. The van der Waals surface area contributed by atoms with E-state index in [1.165, 1.54) is 7.11 Å². The number of benzene rings is 2. The summed E-state index contributed by atoms with van der Waals surface area (Å²) in [5.74, 6) is -3.57. The average molecular weight is 1160 g/mol. The van der Waals surface area contributed by atoms with Crippen molar-refractivity contribution in [2.24, 2.45) is 17.8 Å². The van der Waals surface area contributed by atoms with E-state index < -0.39 is 128 Å². The summed E-state index contributed by atoms with van der Waals surface area (Å²) in [6.45, 7) is 9.03. The normalized spacial score (nSPS) is 39.1. The molecule has 19 heteroatoms. The minimum Gasteiger partial charge on any atom is -0.462 e. The highest BCUT2D eigenvalue weighted by molar-refractivity contribution is 5.79. The maximum atomic E-state index is 13.7. The van der Waals surface area contributed by atoms with Gasteiger partial charge in [0, 0.05) is 56.5 Å². The van der Waals surface area contributed by atoms with Crippen LogP contribution in [0.15, 0.2) is 134 Å². The highest BCUT2D eigenvalue weighted by Crippen LogP contribution is 2.45. The van der Waals surface area contributed by atoms with E-state index in [2.05, 4.69) is 22.8 Å². The number of amides is 2. The lowest BCUT2D eigenvalue weighted by molar-refractivity contribution is -0.305. The van der Waals surface area contributed by atoms with Crippen molar-refractivity contribution in [1.29, 1.82) is 0 Å². The van der Waals surface area contributed by atoms with E-state index >= 15 is 0 Å². The van der Waals surface area contributed by atoms with Crippen molar-refractivity contribution in [3.63, 3.8) is 0 Å². The monoisotopic (exact) mass is 1150 g/mol. The minimum atomic E-state index is -1.59. The van der Waals surface area contributed by atoms with Crippen LogP contribution in [-0.2, 0) is 38.0 Å². The largest absolute Gasteiger partial charge is 0.462 e. The number of cyclic esters (lactones) is 1. The number of esters is 1. The Kier molecular flexibility index (Phi) is 24.1. The first-order chi connectivity index (χ1) is 39.8. The maximum absolute atomic E-state index is 13.7. The summed E-state index contributed by atoms with van der Waals surface area (Å²) in [6.07, 6.45) is 8.78. The van der Waals surface area contributed by atoms with Crippen LogP contribution in [0.25, 0.3) is 11.1 Å². The number of aliphatic hydroxyl groups is 7. The predicted octanol–water partition coefficient (Wildman–Crippen LogP) is 6.64. The first-order valence-electron chi connectivity index (χ1n) is 29.0. The molecular formula is C64H86N2O17. The van der Waals surface area contributed by atoms with Crippen LogP contribution in [0.5, 0.6) is 0 Å². The number of carbonyl (C=O) groups excluding carboxylic acids is 3. The Balaban J connectivity index is 1.08. The van der Waals surface area contributed by atoms with E-state index in [-0.39, 0.29) is 69.3 Å². The predicted molar refractivity (Wildman–Crippen MR) is 309 cm³/mol. The minimum absolute atomic E-state index is 0.0158. The van der Waals surface area contributed by atoms with Crippen LogP contribution >= 0.6 is 0 Å². The van der Waals surface area contributed by atoms with Crippen LogP contribution < -0.4 is 10.6 Å². The first-order valence-corrected chi connectivity index (χ1v) is 29.0. The zero-order valence-corrected chi connectivity index (χ0v) is 48.2. The molecule has 3 fully saturated rings. The van der Waals surface area contributed by atoms with Gasteiger partial charge in [-0.3, -0.25) is 4.79 Å². The van der Waals surface area contributed by atoms with Gasteiger partial charge in [0.15, 0.2) is 12.1 Å². The second kappa shape index (κ2) is 30.8. The Morgan fingerprint density at radius 2 is 1.25 bits per heavy atom. The molecule has 1 aliphatic carbocycles. The summed E-state index contributed by atoms with van der Waals surface area (Å²) in [5, 5.41) is 83.7. The third-order valence-corrected chi connectivity index (χ3v) is 16.6. The molecule has 2 bridgehead atoms. The first kappa shape index (κ1) is 64.7. The summed E-state index contributed by atoms with van der Waals surface area (Å²) in [7, 11) is 1.38. The lowest BCUT2D eigenvalue weighted by Crippen LogP contribution is -2.61. The van der Waals surface area contributed by atoms with Crippen LogP contribution in [0.2, 0.25) is 0 Å². The number of methoxy groups -OCH3 is 1. The van der Waals surface area contributed by atoms with Crippen molar-refractivity contribution in [3.8, 4) is 11.1 Å². The quantitative estimate of drug-likeness (QED) is 0.108. The molecule has 9 N–H and O–H groups in total. The highest BCUT2D eigenvalue weighted by Gasteiger charge is 2.54. The summed E-state index contributed by atoms with van der Waals surface area (Å²) in [6, 6.07) is 14.5. The Labute approximate surface area is 487 Å². The number of hydrogen-bond donors (Lipinski definition) is 9. The van der Waals surface area contributed by atoms with Gasteiger partial charge in [0.1, 0.15) is 24.9 Å². The number of aliphatic hydroxyl groups excluding tert-OH is 7. The van der Waals surface area contributed by atoms with Gasteiger partial charge in [-0.2, -0.15) is 0 Å². The van der Waals surface area contributed by atoms with Crippen LogP contribution in [0, 0.1) is 17.8 Å². The molecule has 83 heavy (non-hydrogen) atoms. The molecule has 4 heterocycles. The van der Waals surface area contributed by atoms with E-state index in [0.717, 1.165) is 22.3 Å². The number of hydrogen-bond acceptors (Lipinski definition) is 17. The lowest BCUT2D eigenvalue weighted by atomic mass is 9.87.